The zero-order valence-electron chi connectivity index (χ0n) is 7.52. The van der Waals surface area contributed by atoms with Crippen molar-refractivity contribution in [3.05, 3.63) is 25.0 Å². The lowest BCUT2D eigenvalue weighted by Crippen LogP contribution is -2.02. The molecule has 3 heterocycles. The first-order chi connectivity index (χ1) is 7.34. The molecule has 74 valence electrons. The van der Waals surface area contributed by atoms with Crippen molar-refractivity contribution in [2.45, 2.75) is 0 Å². The third kappa shape index (κ3) is 1.11. The van der Waals surface area contributed by atoms with Crippen LogP contribution in [0.4, 0.5) is 5.95 Å². The maximum Gasteiger partial charge on any atom is 0.239 e. The van der Waals surface area contributed by atoms with Gasteiger partial charge in [-0.05, 0) is 0 Å². The molecular formula is C7H6N8. The van der Waals surface area contributed by atoms with Gasteiger partial charge in [0.2, 0.25) is 17.4 Å². The smallest absolute Gasteiger partial charge is 0.239 e. The molecule has 0 radical (unpaired) electrons. The summed E-state index contributed by atoms with van der Waals surface area (Å²) >= 11 is 0. The fourth-order valence-corrected chi connectivity index (χ4v) is 1.28. The highest BCUT2D eigenvalue weighted by Crippen LogP contribution is 2.08. The molecule has 15 heavy (non-hydrogen) atoms. The van der Waals surface area contributed by atoms with Crippen molar-refractivity contribution in [1.82, 2.24) is 34.3 Å². The minimum Gasteiger partial charge on any atom is -0.366 e. The van der Waals surface area contributed by atoms with Crippen LogP contribution in [0.2, 0.25) is 0 Å². The summed E-state index contributed by atoms with van der Waals surface area (Å²) in [5, 5.41) is 11.7. The van der Waals surface area contributed by atoms with Gasteiger partial charge in [-0.2, -0.15) is 4.68 Å². The third-order valence-electron chi connectivity index (χ3n) is 1.92. The van der Waals surface area contributed by atoms with E-state index < -0.39 is 0 Å². The van der Waals surface area contributed by atoms with E-state index in [1.54, 1.807) is 23.1 Å². The second kappa shape index (κ2) is 2.74. The highest BCUT2D eigenvalue weighted by molar-refractivity contribution is 5.52. The molecule has 0 saturated carbocycles. The van der Waals surface area contributed by atoms with Gasteiger partial charge in [0.15, 0.2) is 0 Å². The third-order valence-corrected chi connectivity index (χ3v) is 1.92. The molecule has 0 aromatic carbocycles. The standard InChI is InChI=1S/C7H6N8/c8-7-10-3-15(13-7)5-6-12-11-4-14(6)2-1-9-5/h1-4H,(H2,8,13). The van der Waals surface area contributed by atoms with Crippen LogP contribution in [0.1, 0.15) is 0 Å². The Labute approximate surface area is 83.4 Å². The predicted octanol–water partition coefficient (Wildman–Crippen LogP) is -0.713. The summed E-state index contributed by atoms with van der Waals surface area (Å²) in [4.78, 5) is 7.96. The first kappa shape index (κ1) is 7.85. The lowest BCUT2D eigenvalue weighted by atomic mass is 10.6. The van der Waals surface area contributed by atoms with Gasteiger partial charge in [0.1, 0.15) is 12.7 Å². The monoisotopic (exact) mass is 202 g/mol. The van der Waals surface area contributed by atoms with E-state index in [-0.39, 0.29) is 5.95 Å². The van der Waals surface area contributed by atoms with Gasteiger partial charge in [-0.15, -0.1) is 15.3 Å². The summed E-state index contributed by atoms with van der Waals surface area (Å²) in [6.07, 6.45) is 6.44. The first-order valence-electron chi connectivity index (χ1n) is 4.16. The number of nitrogen functional groups attached to an aromatic ring is 1. The van der Waals surface area contributed by atoms with E-state index in [1.165, 1.54) is 11.0 Å². The van der Waals surface area contributed by atoms with Crippen LogP contribution in [0.25, 0.3) is 11.5 Å². The molecule has 0 atom stereocenters. The van der Waals surface area contributed by atoms with Gasteiger partial charge in [0, 0.05) is 12.4 Å². The van der Waals surface area contributed by atoms with Gasteiger partial charge in [-0.25, -0.2) is 9.97 Å². The molecule has 3 aromatic heterocycles. The van der Waals surface area contributed by atoms with E-state index >= 15 is 0 Å². The van der Waals surface area contributed by atoms with E-state index in [1.807, 2.05) is 0 Å². The van der Waals surface area contributed by atoms with Crippen LogP contribution in [-0.2, 0) is 0 Å². The van der Waals surface area contributed by atoms with Crippen LogP contribution >= 0.6 is 0 Å². The van der Waals surface area contributed by atoms with Gasteiger partial charge in [0.05, 0.1) is 0 Å². The largest absolute Gasteiger partial charge is 0.366 e. The number of nitrogens with zero attached hydrogens (tertiary/aromatic N) is 7. The molecule has 0 amide bonds. The second-order valence-corrected chi connectivity index (χ2v) is 2.86. The first-order valence-corrected chi connectivity index (χ1v) is 4.16. The lowest BCUT2D eigenvalue weighted by Gasteiger charge is -1.99. The Balaban J connectivity index is 2.30. The molecule has 0 fully saturated rings. The van der Waals surface area contributed by atoms with E-state index in [9.17, 15) is 0 Å². The fourth-order valence-electron chi connectivity index (χ4n) is 1.28. The van der Waals surface area contributed by atoms with Crippen LogP contribution in [0.3, 0.4) is 0 Å². The number of anilines is 1. The van der Waals surface area contributed by atoms with Crippen LogP contribution < -0.4 is 5.73 Å². The second-order valence-electron chi connectivity index (χ2n) is 2.86. The van der Waals surface area contributed by atoms with Crippen molar-refractivity contribution >= 4 is 11.6 Å². The Hall–Kier alpha value is -2.51. The van der Waals surface area contributed by atoms with Gasteiger partial charge in [-0.1, -0.05) is 0 Å². The normalized spacial score (nSPS) is 10.9. The predicted molar refractivity (Wildman–Crippen MR) is 50.1 cm³/mol. The molecule has 0 bridgehead atoms. The van der Waals surface area contributed by atoms with Crippen LogP contribution in [0, 0.1) is 0 Å². The zero-order chi connectivity index (χ0) is 10.3. The van der Waals surface area contributed by atoms with Crippen molar-refractivity contribution in [1.29, 1.82) is 0 Å². The minimum atomic E-state index is 0.193. The Morgan fingerprint density at radius 3 is 2.93 bits per heavy atom. The molecular weight excluding hydrogens is 196 g/mol. The average Bonchev–Trinajstić information content (AvgIpc) is 2.84. The molecule has 8 heteroatoms. The summed E-state index contributed by atoms with van der Waals surface area (Å²) in [7, 11) is 0. The summed E-state index contributed by atoms with van der Waals surface area (Å²) in [5.74, 6) is 0.734. The molecule has 3 rings (SSSR count). The highest BCUT2D eigenvalue weighted by atomic mass is 15.4. The van der Waals surface area contributed by atoms with Crippen molar-refractivity contribution < 1.29 is 0 Å². The number of aromatic nitrogens is 7. The number of rotatable bonds is 1. The van der Waals surface area contributed by atoms with Crippen LogP contribution in [-0.4, -0.2) is 34.3 Å². The zero-order valence-corrected chi connectivity index (χ0v) is 7.52. The van der Waals surface area contributed by atoms with Gasteiger partial charge < -0.3 is 5.73 Å². The number of hydrogen-bond acceptors (Lipinski definition) is 6. The van der Waals surface area contributed by atoms with Gasteiger partial charge in [-0.3, -0.25) is 4.40 Å². The van der Waals surface area contributed by atoms with E-state index in [0.29, 0.717) is 11.5 Å². The maximum atomic E-state index is 5.42. The van der Waals surface area contributed by atoms with Crippen molar-refractivity contribution in [2.75, 3.05) is 5.73 Å². The SMILES string of the molecule is Nc1ncn(-c2nccn3cnnc23)n1. The lowest BCUT2D eigenvalue weighted by molar-refractivity contribution is 0.843. The molecule has 0 saturated heterocycles. The molecule has 8 nitrogen and oxygen atoms in total. The topological polar surface area (TPSA) is 99.8 Å². The molecule has 0 aliphatic heterocycles. The highest BCUT2D eigenvalue weighted by Gasteiger charge is 2.08. The van der Waals surface area contributed by atoms with Gasteiger partial charge >= 0.3 is 0 Å². The fraction of sp³-hybridized carbons (Fsp3) is 0. The number of nitrogens with two attached hydrogens (primary N) is 1. The summed E-state index contributed by atoms with van der Waals surface area (Å²) in [6, 6.07) is 0. The Morgan fingerprint density at radius 2 is 2.13 bits per heavy atom. The summed E-state index contributed by atoms with van der Waals surface area (Å²) < 4.78 is 3.19. The summed E-state index contributed by atoms with van der Waals surface area (Å²) in [6.45, 7) is 0. The molecule has 0 spiro atoms. The van der Waals surface area contributed by atoms with Crippen molar-refractivity contribution in [2.24, 2.45) is 0 Å². The van der Waals surface area contributed by atoms with E-state index in [2.05, 4.69) is 25.3 Å². The minimum absolute atomic E-state index is 0.193. The quantitative estimate of drug-likeness (QED) is 0.559. The average molecular weight is 202 g/mol. The van der Waals surface area contributed by atoms with Crippen molar-refractivity contribution in [3.8, 4) is 5.82 Å². The number of fused-ring (bicyclic) bond motifs is 1. The molecule has 3 aromatic rings. The summed E-state index contributed by atoms with van der Waals surface area (Å²) in [5.41, 5.74) is 6.02. The molecule has 0 aliphatic rings. The molecule has 0 unspecified atom stereocenters. The van der Waals surface area contributed by atoms with Gasteiger partial charge in [0.25, 0.3) is 0 Å². The molecule has 2 N–H and O–H groups in total. The van der Waals surface area contributed by atoms with E-state index in [0.717, 1.165) is 0 Å². The van der Waals surface area contributed by atoms with E-state index in [4.69, 9.17) is 5.73 Å². The van der Waals surface area contributed by atoms with Crippen molar-refractivity contribution in [3.63, 3.8) is 0 Å². The Kier molecular flexibility index (Phi) is 1.43. The van der Waals surface area contributed by atoms with Crippen LogP contribution in [0.5, 0.6) is 0 Å². The van der Waals surface area contributed by atoms with Crippen LogP contribution in [0.15, 0.2) is 25.0 Å². The number of hydrogen-bond donors (Lipinski definition) is 1. The Morgan fingerprint density at radius 1 is 1.20 bits per heavy atom. The molecule has 0 aliphatic carbocycles. The maximum absolute atomic E-state index is 5.42. The Bertz CT molecular complexity index is 608.